The van der Waals surface area contributed by atoms with Gasteiger partial charge in [-0.3, -0.25) is 14.6 Å². The zero-order chi connectivity index (χ0) is 19.3. The predicted molar refractivity (Wildman–Crippen MR) is 106 cm³/mol. The highest BCUT2D eigenvalue weighted by Crippen LogP contribution is 2.17. The van der Waals surface area contributed by atoms with Crippen LogP contribution in [0, 0.1) is 0 Å². The summed E-state index contributed by atoms with van der Waals surface area (Å²) in [6.45, 7) is 4.30. The van der Waals surface area contributed by atoms with E-state index in [0.29, 0.717) is 24.2 Å². The van der Waals surface area contributed by atoms with E-state index in [1.807, 2.05) is 28.0 Å². The lowest BCUT2D eigenvalue weighted by Crippen LogP contribution is -2.49. The van der Waals surface area contributed by atoms with Crippen molar-refractivity contribution in [3.63, 3.8) is 0 Å². The number of carbonyl (C=O) groups is 2. The summed E-state index contributed by atoms with van der Waals surface area (Å²) in [6, 6.07) is 7.54. The Hall–Kier alpha value is -2.96. The van der Waals surface area contributed by atoms with Gasteiger partial charge in [0.1, 0.15) is 5.82 Å². The maximum absolute atomic E-state index is 12.9. The third kappa shape index (κ3) is 3.98. The third-order valence-corrected chi connectivity index (χ3v) is 5.42. The third-order valence-electron chi connectivity index (χ3n) is 5.42. The molecule has 4 heterocycles. The van der Waals surface area contributed by atoms with E-state index in [4.69, 9.17) is 0 Å². The monoisotopic (exact) mass is 379 g/mol. The molecule has 2 aliphatic rings. The van der Waals surface area contributed by atoms with Gasteiger partial charge in [-0.25, -0.2) is 4.98 Å². The van der Waals surface area contributed by atoms with Gasteiger partial charge in [0.05, 0.1) is 11.1 Å². The van der Waals surface area contributed by atoms with Gasteiger partial charge < -0.3 is 14.7 Å². The Balaban J connectivity index is 1.40. The van der Waals surface area contributed by atoms with Crippen molar-refractivity contribution in [2.45, 2.75) is 19.3 Å². The molecular weight excluding hydrogens is 354 g/mol. The maximum Gasteiger partial charge on any atom is 0.255 e. The van der Waals surface area contributed by atoms with Crippen LogP contribution in [0.25, 0.3) is 0 Å². The molecule has 2 aliphatic heterocycles. The maximum atomic E-state index is 12.9. The molecule has 2 saturated heterocycles. The van der Waals surface area contributed by atoms with Crippen molar-refractivity contribution in [3.8, 4) is 0 Å². The van der Waals surface area contributed by atoms with E-state index in [-0.39, 0.29) is 11.8 Å². The minimum atomic E-state index is -0.0681. The number of hydrogen-bond donors (Lipinski definition) is 0. The van der Waals surface area contributed by atoms with E-state index in [1.165, 1.54) is 6.42 Å². The van der Waals surface area contributed by atoms with Crippen molar-refractivity contribution in [1.29, 1.82) is 0 Å². The first-order chi connectivity index (χ1) is 13.7. The number of rotatable bonds is 3. The number of aromatic nitrogens is 2. The summed E-state index contributed by atoms with van der Waals surface area (Å²) < 4.78 is 0. The zero-order valence-corrected chi connectivity index (χ0v) is 16.0. The number of likely N-dealkylation sites (tertiary alicyclic amines) is 1. The van der Waals surface area contributed by atoms with Crippen LogP contribution in [0.4, 0.5) is 5.82 Å². The van der Waals surface area contributed by atoms with Gasteiger partial charge in [0.25, 0.3) is 11.8 Å². The Labute approximate surface area is 165 Å². The molecule has 0 radical (unpaired) electrons. The molecule has 2 fully saturated rings. The van der Waals surface area contributed by atoms with Crippen LogP contribution in [-0.4, -0.2) is 70.9 Å². The van der Waals surface area contributed by atoms with Gasteiger partial charge in [0, 0.05) is 57.9 Å². The van der Waals surface area contributed by atoms with E-state index < -0.39 is 0 Å². The Morgan fingerprint density at radius 2 is 1.43 bits per heavy atom. The summed E-state index contributed by atoms with van der Waals surface area (Å²) in [5.41, 5.74) is 0.981. The van der Waals surface area contributed by atoms with Crippen LogP contribution in [-0.2, 0) is 0 Å². The van der Waals surface area contributed by atoms with Gasteiger partial charge in [-0.1, -0.05) is 6.07 Å². The standard InChI is InChI=1S/C21H25N5O2/c27-20(25-8-4-1-5-9-25)17-14-18(16-22-15-17)21(28)26-12-10-24(11-13-26)19-6-2-3-7-23-19/h2-3,6-7,14-16H,1,4-5,8-13H2. The van der Waals surface area contributed by atoms with Gasteiger partial charge in [0.2, 0.25) is 0 Å². The van der Waals surface area contributed by atoms with Crippen LogP contribution in [0.1, 0.15) is 40.0 Å². The summed E-state index contributed by atoms with van der Waals surface area (Å²) in [6.07, 6.45) is 8.15. The van der Waals surface area contributed by atoms with Gasteiger partial charge in [-0.15, -0.1) is 0 Å². The molecule has 0 atom stereocenters. The van der Waals surface area contributed by atoms with E-state index in [2.05, 4.69) is 14.9 Å². The number of hydrogen-bond acceptors (Lipinski definition) is 5. The molecule has 0 unspecified atom stereocenters. The summed E-state index contributed by atoms with van der Waals surface area (Å²) in [5, 5.41) is 0. The molecule has 0 bridgehead atoms. The number of anilines is 1. The quantitative estimate of drug-likeness (QED) is 0.817. The number of piperazine rings is 1. The van der Waals surface area contributed by atoms with Crippen molar-refractivity contribution in [3.05, 3.63) is 54.0 Å². The number of pyridine rings is 2. The van der Waals surface area contributed by atoms with Crippen molar-refractivity contribution in [1.82, 2.24) is 19.8 Å². The van der Waals surface area contributed by atoms with E-state index in [0.717, 1.165) is 44.8 Å². The smallest absolute Gasteiger partial charge is 0.255 e. The molecule has 0 saturated carbocycles. The van der Waals surface area contributed by atoms with Gasteiger partial charge in [-0.2, -0.15) is 0 Å². The normalized spacial score (nSPS) is 17.5. The molecule has 0 spiro atoms. The summed E-state index contributed by atoms with van der Waals surface area (Å²) in [5.74, 6) is 0.841. The van der Waals surface area contributed by atoms with Gasteiger partial charge in [-0.05, 0) is 37.5 Å². The lowest BCUT2D eigenvalue weighted by molar-refractivity contribution is 0.0723. The lowest BCUT2D eigenvalue weighted by atomic mass is 10.1. The van der Waals surface area contributed by atoms with Crippen LogP contribution in [0.3, 0.4) is 0 Å². The van der Waals surface area contributed by atoms with E-state index in [9.17, 15) is 9.59 Å². The van der Waals surface area contributed by atoms with Crippen LogP contribution in [0.2, 0.25) is 0 Å². The fourth-order valence-electron chi connectivity index (χ4n) is 3.82. The number of nitrogens with zero attached hydrogens (tertiary/aromatic N) is 5. The first-order valence-corrected chi connectivity index (χ1v) is 9.92. The first kappa shape index (κ1) is 18.4. The molecule has 7 nitrogen and oxygen atoms in total. The van der Waals surface area contributed by atoms with Crippen molar-refractivity contribution < 1.29 is 9.59 Å². The molecule has 2 amide bonds. The molecule has 0 N–H and O–H groups in total. The second-order valence-corrected chi connectivity index (χ2v) is 7.28. The number of piperidine rings is 1. The van der Waals surface area contributed by atoms with Crippen LogP contribution in [0.5, 0.6) is 0 Å². The van der Waals surface area contributed by atoms with Crippen LogP contribution >= 0.6 is 0 Å². The lowest BCUT2D eigenvalue weighted by Gasteiger charge is -2.35. The SMILES string of the molecule is O=C(c1cncc(C(=O)N2CCN(c3ccccn3)CC2)c1)N1CCCCC1. The average Bonchev–Trinajstić information content (AvgIpc) is 2.79. The van der Waals surface area contributed by atoms with Crippen LogP contribution in [0.15, 0.2) is 42.9 Å². The highest BCUT2D eigenvalue weighted by Gasteiger charge is 2.24. The Morgan fingerprint density at radius 3 is 2.04 bits per heavy atom. The highest BCUT2D eigenvalue weighted by atomic mass is 16.2. The van der Waals surface area contributed by atoms with Crippen molar-refractivity contribution in [2.24, 2.45) is 0 Å². The molecule has 4 rings (SSSR count). The van der Waals surface area contributed by atoms with Crippen LogP contribution < -0.4 is 4.90 Å². The second-order valence-electron chi connectivity index (χ2n) is 7.28. The van der Waals surface area contributed by atoms with E-state index >= 15 is 0 Å². The second kappa shape index (κ2) is 8.37. The molecule has 7 heteroatoms. The first-order valence-electron chi connectivity index (χ1n) is 9.92. The minimum Gasteiger partial charge on any atom is -0.353 e. The Kier molecular flexibility index (Phi) is 5.50. The fraction of sp³-hybridized carbons (Fsp3) is 0.429. The van der Waals surface area contributed by atoms with Gasteiger partial charge >= 0.3 is 0 Å². The molecular formula is C21H25N5O2. The molecule has 2 aromatic heterocycles. The molecule has 28 heavy (non-hydrogen) atoms. The largest absolute Gasteiger partial charge is 0.353 e. The number of amides is 2. The molecule has 0 aliphatic carbocycles. The average molecular weight is 379 g/mol. The van der Waals surface area contributed by atoms with Crippen molar-refractivity contribution >= 4 is 17.6 Å². The Morgan fingerprint density at radius 1 is 0.786 bits per heavy atom. The minimum absolute atomic E-state index is 0.0261. The highest BCUT2D eigenvalue weighted by molar-refractivity contribution is 5.99. The van der Waals surface area contributed by atoms with Crippen molar-refractivity contribution in [2.75, 3.05) is 44.2 Å². The topological polar surface area (TPSA) is 69.6 Å². The Bertz CT molecular complexity index is 828. The predicted octanol–water partition coefficient (Wildman–Crippen LogP) is 2.07. The fourth-order valence-corrected chi connectivity index (χ4v) is 3.82. The molecule has 2 aromatic rings. The van der Waals surface area contributed by atoms with E-state index in [1.54, 1.807) is 24.7 Å². The van der Waals surface area contributed by atoms with Gasteiger partial charge in [0.15, 0.2) is 0 Å². The summed E-state index contributed by atoms with van der Waals surface area (Å²) in [7, 11) is 0. The summed E-state index contributed by atoms with van der Waals surface area (Å²) in [4.78, 5) is 40.0. The zero-order valence-electron chi connectivity index (χ0n) is 16.0. The summed E-state index contributed by atoms with van der Waals surface area (Å²) >= 11 is 0. The molecule has 146 valence electrons. The number of carbonyl (C=O) groups excluding carboxylic acids is 2. The molecule has 0 aromatic carbocycles.